The predicted octanol–water partition coefficient (Wildman–Crippen LogP) is 2.66. The first-order chi connectivity index (χ1) is 13.5. The third-order valence-corrected chi connectivity index (χ3v) is 6.77. The first-order valence-electron chi connectivity index (χ1n) is 9.08. The van der Waals surface area contributed by atoms with Crippen molar-refractivity contribution in [1.29, 1.82) is 0 Å². The van der Waals surface area contributed by atoms with Crippen LogP contribution in [0.2, 0.25) is 0 Å². The van der Waals surface area contributed by atoms with E-state index in [1.165, 1.54) is 18.2 Å². The second kappa shape index (κ2) is 7.37. The van der Waals surface area contributed by atoms with E-state index in [1.807, 2.05) is 6.07 Å². The van der Waals surface area contributed by atoms with Crippen LogP contribution in [0.25, 0.3) is 10.9 Å². The molecule has 0 spiro atoms. The molecule has 1 fully saturated rings. The molecule has 146 valence electrons. The maximum atomic E-state index is 13.7. The molecular weight excluding hydrogens is 379 g/mol. The van der Waals surface area contributed by atoms with Gasteiger partial charge in [0.1, 0.15) is 10.7 Å². The van der Waals surface area contributed by atoms with E-state index in [0.717, 1.165) is 37.9 Å². The van der Waals surface area contributed by atoms with Gasteiger partial charge >= 0.3 is 0 Å². The summed E-state index contributed by atoms with van der Waals surface area (Å²) in [7, 11) is -2.27. The van der Waals surface area contributed by atoms with Gasteiger partial charge < -0.3 is 15.5 Å². The zero-order chi connectivity index (χ0) is 19.7. The van der Waals surface area contributed by atoms with Gasteiger partial charge in [-0.1, -0.05) is 6.07 Å². The fraction of sp³-hybridized carbons (Fsp3) is 0.250. The number of aromatic nitrogens is 1. The normalized spacial score (nSPS) is 15.0. The molecule has 0 bridgehead atoms. The Morgan fingerprint density at radius 1 is 1.14 bits per heavy atom. The molecule has 2 heterocycles. The minimum atomic E-state index is -3.95. The second-order valence-electron chi connectivity index (χ2n) is 6.62. The summed E-state index contributed by atoms with van der Waals surface area (Å²) in [5.41, 5.74) is 1.98. The number of halogens is 1. The van der Waals surface area contributed by atoms with Crippen LogP contribution in [0.3, 0.4) is 0 Å². The fourth-order valence-electron chi connectivity index (χ4n) is 3.58. The molecule has 1 aliphatic heterocycles. The molecule has 0 atom stereocenters. The van der Waals surface area contributed by atoms with E-state index in [2.05, 4.69) is 20.5 Å². The number of piperazine rings is 1. The van der Waals surface area contributed by atoms with Gasteiger partial charge in [0.05, 0.1) is 21.8 Å². The first-order valence-corrected chi connectivity index (χ1v) is 10.6. The van der Waals surface area contributed by atoms with E-state index in [0.29, 0.717) is 16.6 Å². The van der Waals surface area contributed by atoms with Crippen LogP contribution in [0.15, 0.2) is 58.5 Å². The molecule has 0 aliphatic carbocycles. The SMILES string of the molecule is CNc1cc(N2CCNCC2)c2ncccc2c1S(=O)(=O)c1cccc(F)c1. The van der Waals surface area contributed by atoms with Crippen molar-refractivity contribution in [3.63, 3.8) is 0 Å². The van der Waals surface area contributed by atoms with E-state index in [1.54, 1.807) is 25.4 Å². The minimum Gasteiger partial charge on any atom is -0.387 e. The van der Waals surface area contributed by atoms with Crippen molar-refractivity contribution in [2.45, 2.75) is 9.79 Å². The molecule has 2 N–H and O–H groups in total. The summed E-state index contributed by atoms with van der Waals surface area (Å²) in [6.07, 6.45) is 1.66. The van der Waals surface area contributed by atoms with E-state index < -0.39 is 15.7 Å². The summed E-state index contributed by atoms with van der Waals surface area (Å²) >= 11 is 0. The monoisotopic (exact) mass is 400 g/mol. The van der Waals surface area contributed by atoms with Crippen LogP contribution in [0.1, 0.15) is 0 Å². The van der Waals surface area contributed by atoms with Crippen molar-refractivity contribution in [3.05, 3.63) is 54.5 Å². The van der Waals surface area contributed by atoms with Crippen LogP contribution >= 0.6 is 0 Å². The van der Waals surface area contributed by atoms with Crippen molar-refractivity contribution in [2.24, 2.45) is 0 Å². The number of anilines is 2. The maximum absolute atomic E-state index is 13.7. The van der Waals surface area contributed by atoms with Gasteiger partial charge in [-0.15, -0.1) is 0 Å². The number of benzene rings is 2. The molecular formula is C20H21FN4O2S. The average Bonchev–Trinajstić information content (AvgIpc) is 2.73. The Labute approximate surface area is 163 Å². The van der Waals surface area contributed by atoms with Crippen molar-refractivity contribution in [1.82, 2.24) is 10.3 Å². The van der Waals surface area contributed by atoms with Gasteiger partial charge in [-0.2, -0.15) is 0 Å². The quantitative estimate of drug-likeness (QED) is 0.701. The van der Waals surface area contributed by atoms with Crippen molar-refractivity contribution in [2.75, 3.05) is 43.4 Å². The van der Waals surface area contributed by atoms with Gasteiger partial charge in [-0.3, -0.25) is 4.98 Å². The zero-order valence-corrected chi connectivity index (χ0v) is 16.3. The first kappa shape index (κ1) is 18.6. The minimum absolute atomic E-state index is 0.0796. The Morgan fingerprint density at radius 2 is 1.93 bits per heavy atom. The number of nitrogens with zero attached hydrogens (tertiary/aromatic N) is 2. The Kier molecular flexibility index (Phi) is 4.91. The van der Waals surface area contributed by atoms with Gasteiger partial charge in [0.25, 0.3) is 0 Å². The van der Waals surface area contributed by atoms with Crippen LogP contribution in [-0.2, 0) is 9.84 Å². The summed E-state index contributed by atoms with van der Waals surface area (Å²) in [5, 5.41) is 6.85. The Hall–Kier alpha value is -2.71. The van der Waals surface area contributed by atoms with Gasteiger partial charge in [-0.25, -0.2) is 12.8 Å². The van der Waals surface area contributed by atoms with Crippen LogP contribution < -0.4 is 15.5 Å². The standard InChI is InChI=1S/C20H21FN4O2S/c1-22-17-13-18(25-10-8-23-9-11-25)19-16(6-3-7-24-19)20(17)28(26,27)15-5-2-4-14(21)12-15/h2-7,12-13,22-23H,8-11H2,1H3. The number of hydrogen-bond donors (Lipinski definition) is 2. The average molecular weight is 400 g/mol. The molecule has 3 aromatic rings. The third-order valence-electron chi connectivity index (χ3n) is 4.92. The highest BCUT2D eigenvalue weighted by Crippen LogP contribution is 2.39. The number of hydrogen-bond acceptors (Lipinski definition) is 6. The molecule has 0 radical (unpaired) electrons. The summed E-state index contributed by atoms with van der Waals surface area (Å²) in [6, 6.07) is 10.4. The number of fused-ring (bicyclic) bond motifs is 1. The van der Waals surface area contributed by atoms with Gasteiger partial charge in [0.15, 0.2) is 0 Å². The number of rotatable bonds is 4. The third kappa shape index (κ3) is 3.18. The molecule has 1 saturated heterocycles. The van der Waals surface area contributed by atoms with E-state index in [4.69, 9.17) is 0 Å². The Morgan fingerprint density at radius 3 is 2.64 bits per heavy atom. The molecule has 8 heteroatoms. The highest BCUT2D eigenvalue weighted by molar-refractivity contribution is 7.92. The fourth-order valence-corrected chi connectivity index (χ4v) is 5.25. The number of nitrogens with one attached hydrogen (secondary N) is 2. The summed E-state index contributed by atoms with van der Waals surface area (Å²) in [4.78, 5) is 6.72. The lowest BCUT2D eigenvalue weighted by Gasteiger charge is -2.31. The number of sulfone groups is 1. The molecule has 1 aromatic heterocycles. The van der Waals surface area contributed by atoms with Gasteiger partial charge in [0.2, 0.25) is 9.84 Å². The molecule has 28 heavy (non-hydrogen) atoms. The highest BCUT2D eigenvalue weighted by atomic mass is 32.2. The molecule has 0 unspecified atom stereocenters. The topological polar surface area (TPSA) is 74.3 Å². The van der Waals surface area contributed by atoms with Crippen molar-refractivity contribution >= 4 is 32.1 Å². The number of pyridine rings is 1. The van der Waals surface area contributed by atoms with Crippen LogP contribution in [0, 0.1) is 5.82 Å². The zero-order valence-electron chi connectivity index (χ0n) is 15.4. The molecule has 2 aromatic carbocycles. The predicted molar refractivity (Wildman–Crippen MR) is 108 cm³/mol. The lowest BCUT2D eigenvalue weighted by molar-refractivity contribution is 0.589. The molecule has 6 nitrogen and oxygen atoms in total. The van der Waals surface area contributed by atoms with E-state index in [-0.39, 0.29) is 9.79 Å². The Bertz CT molecular complexity index is 1130. The van der Waals surface area contributed by atoms with Crippen molar-refractivity contribution in [3.8, 4) is 0 Å². The van der Waals surface area contributed by atoms with Gasteiger partial charge in [0, 0.05) is 44.8 Å². The van der Waals surface area contributed by atoms with Crippen LogP contribution in [-0.4, -0.2) is 46.6 Å². The van der Waals surface area contributed by atoms with Crippen LogP contribution in [0.4, 0.5) is 15.8 Å². The molecule has 4 rings (SSSR count). The smallest absolute Gasteiger partial charge is 0.209 e. The van der Waals surface area contributed by atoms with Crippen molar-refractivity contribution < 1.29 is 12.8 Å². The highest BCUT2D eigenvalue weighted by Gasteiger charge is 2.27. The summed E-state index contributed by atoms with van der Waals surface area (Å²) in [5.74, 6) is -0.591. The summed E-state index contributed by atoms with van der Waals surface area (Å²) < 4.78 is 40.5. The largest absolute Gasteiger partial charge is 0.387 e. The molecule has 0 amide bonds. The maximum Gasteiger partial charge on any atom is 0.209 e. The van der Waals surface area contributed by atoms with E-state index in [9.17, 15) is 12.8 Å². The Balaban J connectivity index is 1.99. The molecule has 1 aliphatic rings. The lowest BCUT2D eigenvalue weighted by Crippen LogP contribution is -2.43. The van der Waals surface area contributed by atoms with E-state index >= 15 is 0 Å². The van der Waals surface area contributed by atoms with Gasteiger partial charge in [-0.05, 0) is 36.4 Å². The van der Waals surface area contributed by atoms with Crippen LogP contribution in [0.5, 0.6) is 0 Å². The second-order valence-corrected chi connectivity index (χ2v) is 8.51. The molecule has 0 saturated carbocycles. The summed E-state index contributed by atoms with van der Waals surface area (Å²) in [6.45, 7) is 3.33. The lowest BCUT2D eigenvalue weighted by atomic mass is 10.1.